The molecule has 3 heterocycles. The SMILES string of the molecule is N#CC1(CC(=O)Cc2nnc(Cc3nc4ccc(-c5ccsc5)cc4s3)o2)CC1. The number of thiazole rings is 1. The molecule has 5 rings (SSSR count). The molecule has 1 aliphatic rings. The molecule has 0 N–H and O–H groups in total. The number of ketones is 1. The summed E-state index contributed by atoms with van der Waals surface area (Å²) in [5.41, 5.74) is 2.90. The van der Waals surface area contributed by atoms with E-state index >= 15 is 0 Å². The molecule has 0 aliphatic heterocycles. The molecule has 29 heavy (non-hydrogen) atoms. The van der Waals surface area contributed by atoms with Gasteiger partial charge in [0.05, 0.1) is 34.5 Å². The Balaban J connectivity index is 1.27. The van der Waals surface area contributed by atoms with Crippen molar-refractivity contribution in [1.82, 2.24) is 15.2 Å². The monoisotopic (exact) mass is 420 g/mol. The molecule has 0 saturated heterocycles. The highest BCUT2D eigenvalue weighted by molar-refractivity contribution is 7.18. The Kier molecular flexibility index (Phi) is 4.49. The quantitative estimate of drug-likeness (QED) is 0.426. The maximum absolute atomic E-state index is 12.2. The van der Waals surface area contributed by atoms with E-state index in [1.54, 1.807) is 22.7 Å². The smallest absolute Gasteiger partial charge is 0.223 e. The summed E-state index contributed by atoms with van der Waals surface area (Å²) in [4.78, 5) is 16.8. The Bertz CT molecular complexity index is 1230. The van der Waals surface area contributed by atoms with E-state index in [-0.39, 0.29) is 18.6 Å². The number of hydrogen-bond acceptors (Lipinski definition) is 8. The zero-order valence-corrected chi connectivity index (χ0v) is 17.1. The fourth-order valence-electron chi connectivity index (χ4n) is 3.30. The summed E-state index contributed by atoms with van der Waals surface area (Å²) in [5, 5.41) is 22.3. The van der Waals surface area contributed by atoms with Gasteiger partial charge in [0, 0.05) is 6.42 Å². The van der Waals surface area contributed by atoms with Crippen molar-refractivity contribution in [3.8, 4) is 17.2 Å². The van der Waals surface area contributed by atoms with Crippen LogP contribution in [-0.4, -0.2) is 21.0 Å². The van der Waals surface area contributed by atoms with Gasteiger partial charge in [0.1, 0.15) is 10.8 Å². The van der Waals surface area contributed by atoms with Crippen LogP contribution in [0.25, 0.3) is 21.3 Å². The molecular formula is C21H16N4O2S2. The highest BCUT2D eigenvalue weighted by Crippen LogP contribution is 2.48. The molecule has 0 atom stereocenters. The van der Waals surface area contributed by atoms with Gasteiger partial charge in [-0.1, -0.05) is 6.07 Å². The van der Waals surface area contributed by atoms with Gasteiger partial charge in [-0.15, -0.1) is 21.5 Å². The van der Waals surface area contributed by atoms with Crippen molar-refractivity contribution in [1.29, 1.82) is 5.26 Å². The standard InChI is InChI=1S/C21H16N4O2S2/c22-12-21(4-5-21)10-15(26)8-18-24-25-19(27-18)9-20-23-16-2-1-13(7-17(16)29-20)14-3-6-28-11-14/h1-3,6-7,11H,4-5,8-10H2. The number of Topliss-reactive ketones (excluding diaryl/α,β-unsaturated/α-hetero) is 1. The zero-order chi connectivity index (χ0) is 19.8. The summed E-state index contributed by atoms with van der Waals surface area (Å²) in [6.45, 7) is 0. The van der Waals surface area contributed by atoms with Crippen molar-refractivity contribution in [2.75, 3.05) is 0 Å². The number of benzene rings is 1. The molecule has 1 fully saturated rings. The Labute approximate surface area is 174 Å². The molecular weight excluding hydrogens is 404 g/mol. The number of carbonyl (C=O) groups is 1. The van der Waals surface area contributed by atoms with Gasteiger partial charge in [0.25, 0.3) is 0 Å². The predicted molar refractivity (Wildman–Crippen MR) is 111 cm³/mol. The van der Waals surface area contributed by atoms with Gasteiger partial charge in [-0.3, -0.25) is 4.79 Å². The number of aromatic nitrogens is 3. The number of rotatable bonds is 7. The van der Waals surface area contributed by atoms with Crippen molar-refractivity contribution in [2.24, 2.45) is 5.41 Å². The van der Waals surface area contributed by atoms with E-state index in [1.165, 1.54) is 11.1 Å². The number of hydrogen-bond donors (Lipinski definition) is 0. The minimum Gasteiger partial charge on any atom is -0.424 e. The molecule has 0 spiro atoms. The Hall–Kier alpha value is -2.89. The maximum atomic E-state index is 12.2. The molecule has 1 aliphatic carbocycles. The molecule has 0 unspecified atom stereocenters. The second kappa shape index (κ2) is 7.17. The molecule has 0 bridgehead atoms. The van der Waals surface area contributed by atoms with Gasteiger partial charge in [-0.2, -0.15) is 16.6 Å². The second-order valence-electron chi connectivity index (χ2n) is 7.35. The van der Waals surface area contributed by atoms with Crippen molar-refractivity contribution in [3.63, 3.8) is 0 Å². The van der Waals surface area contributed by atoms with Gasteiger partial charge < -0.3 is 4.42 Å². The second-order valence-corrected chi connectivity index (χ2v) is 9.25. The third kappa shape index (κ3) is 3.84. The van der Waals surface area contributed by atoms with Crippen LogP contribution >= 0.6 is 22.7 Å². The minimum absolute atomic E-state index is 0.0276. The Morgan fingerprint density at radius 1 is 1.21 bits per heavy atom. The highest BCUT2D eigenvalue weighted by Gasteiger charge is 2.44. The lowest BCUT2D eigenvalue weighted by Gasteiger charge is -2.01. The number of nitrogens with zero attached hydrogens (tertiary/aromatic N) is 4. The first-order valence-electron chi connectivity index (χ1n) is 9.29. The molecule has 8 heteroatoms. The van der Waals surface area contributed by atoms with Crippen molar-refractivity contribution < 1.29 is 9.21 Å². The van der Waals surface area contributed by atoms with E-state index in [9.17, 15) is 4.79 Å². The molecule has 1 aromatic carbocycles. The first-order valence-corrected chi connectivity index (χ1v) is 11.0. The lowest BCUT2D eigenvalue weighted by molar-refractivity contribution is -0.119. The topological polar surface area (TPSA) is 92.7 Å². The number of fused-ring (bicyclic) bond motifs is 1. The third-order valence-electron chi connectivity index (χ3n) is 5.07. The largest absolute Gasteiger partial charge is 0.424 e. The van der Waals surface area contributed by atoms with Crippen LogP contribution in [0.15, 0.2) is 39.4 Å². The van der Waals surface area contributed by atoms with Gasteiger partial charge in [-0.05, 0) is 52.9 Å². The summed E-state index contributed by atoms with van der Waals surface area (Å²) >= 11 is 3.29. The van der Waals surface area contributed by atoms with E-state index in [2.05, 4.69) is 50.2 Å². The fraction of sp³-hybridized carbons (Fsp3) is 0.286. The average Bonchev–Trinajstić information content (AvgIpc) is 3.13. The summed E-state index contributed by atoms with van der Waals surface area (Å²) in [5.74, 6) is 0.728. The molecule has 3 aromatic heterocycles. The number of nitriles is 1. The Morgan fingerprint density at radius 2 is 2.07 bits per heavy atom. The molecule has 6 nitrogen and oxygen atoms in total. The third-order valence-corrected chi connectivity index (χ3v) is 6.77. The van der Waals surface area contributed by atoms with Gasteiger partial charge >= 0.3 is 0 Å². The van der Waals surface area contributed by atoms with Crippen molar-refractivity contribution in [2.45, 2.75) is 32.1 Å². The van der Waals surface area contributed by atoms with Crippen LogP contribution in [0.2, 0.25) is 0 Å². The van der Waals surface area contributed by atoms with Crippen LogP contribution in [-0.2, 0) is 17.6 Å². The lowest BCUT2D eigenvalue weighted by Crippen LogP contribution is -2.10. The van der Waals surface area contributed by atoms with E-state index in [1.807, 2.05) is 6.07 Å². The normalized spacial score (nSPS) is 14.7. The van der Waals surface area contributed by atoms with Crippen LogP contribution < -0.4 is 0 Å². The van der Waals surface area contributed by atoms with Crippen LogP contribution in [0.1, 0.15) is 36.1 Å². The molecule has 1 saturated carbocycles. The predicted octanol–water partition coefficient (Wildman–Crippen LogP) is 4.80. The van der Waals surface area contributed by atoms with Gasteiger partial charge in [-0.25, -0.2) is 4.98 Å². The van der Waals surface area contributed by atoms with Crippen LogP contribution in [0.3, 0.4) is 0 Å². The molecule has 144 valence electrons. The van der Waals surface area contributed by atoms with Crippen molar-refractivity contribution in [3.05, 3.63) is 51.8 Å². The van der Waals surface area contributed by atoms with E-state index in [4.69, 9.17) is 9.68 Å². The van der Waals surface area contributed by atoms with E-state index in [0.29, 0.717) is 18.2 Å². The van der Waals surface area contributed by atoms with E-state index in [0.717, 1.165) is 28.1 Å². The summed E-state index contributed by atoms with van der Waals surface area (Å²) in [6, 6.07) is 10.6. The van der Waals surface area contributed by atoms with Gasteiger partial charge in [0.15, 0.2) is 0 Å². The highest BCUT2D eigenvalue weighted by atomic mass is 32.1. The van der Waals surface area contributed by atoms with E-state index < -0.39 is 5.41 Å². The summed E-state index contributed by atoms with van der Waals surface area (Å²) < 4.78 is 6.76. The van der Waals surface area contributed by atoms with Gasteiger partial charge in [0.2, 0.25) is 11.8 Å². The minimum atomic E-state index is -0.442. The fourth-order valence-corrected chi connectivity index (χ4v) is 4.97. The van der Waals surface area contributed by atoms with Crippen molar-refractivity contribution >= 4 is 38.7 Å². The molecule has 0 amide bonds. The molecule has 0 radical (unpaired) electrons. The lowest BCUT2D eigenvalue weighted by atomic mass is 10.00. The number of thiophene rings is 1. The maximum Gasteiger partial charge on any atom is 0.223 e. The van der Waals surface area contributed by atoms with Crippen LogP contribution in [0.5, 0.6) is 0 Å². The zero-order valence-electron chi connectivity index (χ0n) is 15.4. The van der Waals surface area contributed by atoms with Crippen LogP contribution in [0.4, 0.5) is 0 Å². The first kappa shape index (κ1) is 18.2. The Morgan fingerprint density at radius 3 is 2.83 bits per heavy atom. The summed E-state index contributed by atoms with van der Waals surface area (Å²) in [7, 11) is 0. The number of carbonyl (C=O) groups excluding carboxylic acids is 1. The van der Waals surface area contributed by atoms with Crippen LogP contribution in [0, 0.1) is 16.7 Å². The summed E-state index contributed by atoms with van der Waals surface area (Å²) in [6.07, 6.45) is 2.40. The first-order chi connectivity index (χ1) is 14.1. The molecule has 4 aromatic rings. The average molecular weight is 421 g/mol.